The maximum Gasteiger partial charge on any atom is 0.235 e. The number of nitrogens with zero attached hydrogens (tertiary/aromatic N) is 2. The first-order valence-electron chi connectivity index (χ1n) is 5.89. The second kappa shape index (κ2) is 4.97. The third kappa shape index (κ3) is 3.22. The third-order valence-electron chi connectivity index (χ3n) is 3.44. The van der Waals surface area contributed by atoms with Crippen LogP contribution in [0.15, 0.2) is 9.98 Å². The average Bonchev–Trinajstić information content (AvgIpc) is 2.24. The van der Waals surface area contributed by atoms with Gasteiger partial charge in [0, 0.05) is 0 Å². The first-order chi connectivity index (χ1) is 8.30. The largest absolute Gasteiger partial charge is 0.301 e. The molecular formula is C13H18N2O3. The summed E-state index contributed by atoms with van der Waals surface area (Å²) in [5.74, 6) is 0. The van der Waals surface area contributed by atoms with Gasteiger partial charge in [-0.1, -0.05) is 20.8 Å². The van der Waals surface area contributed by atoms with Crippen molar-refractivity contribution in [3.8, 4) is 0 Å². The number of carbonyl (C=O) groups excluding carboxylic acids is 3. The number of isocyanates is 2. The highest BCUT2D eigenvalue weighted by Crippen LogP contribution is 2.51. The van der Waals surface area contributed by atoms with Gasteiger partial charge in [-0.2, -0.15) is 4.99 Å². The Morgan fingerprint density at radius 2 is 1.78 bits per heavy atom. The van der Waals surface area contributed by atoms with Crippen LogP contribution in [0.4, 0.5) is 0 Å². The van der Waals surface area contributed by atoms with E-state index in [0.717, 1.165) is 12.7 Å². The van der Waals surface area contributed by atoms with Gasteiger partial charge in [0.2, 0.25) is 12.2 Å². The molecule has 18 heavy (non-hydrogen) atoms. The van der Waals surface area contributed by atoms with Crippen molar-refractivity contribution < 1.29 is 14.4 Å². The zero-order valence-electron chi connectivity index (χ0n) is 11.0. The van der Waals surface area contributed by atoms with Crippen molar-refractivity contribution in [2.75, 3.05) is 6.54 Å². The standard InChI is InChI=1S/C13H18N2O3/c1-11(2)4-12(3,7-14-9-17)6-13(5-11,8-16)15-10-18/h8H,4-7H2,1-3H3. The van der Waals surface area contributed by atoms with Gasteiger partial charge in [0.1, 0.15) is 11.8 Å². The molecular weight excluding hydrogens is 232 g/mol. The van der Waals surface area contributed by atoms with Gasteiger partial charge in [-0.15, -0.1) is 0 Å². The highest BCUT2D eigenvalue weighted by Gasteiger charge is 2.49. The van der Waals surface area contributed by atoms with Crippen LogP contribution < -0.4 is 0 Å². The average molecular weight is 250 g/mol. The summed E-state index contributed by atoms with van der Waals surface area (Å²) in [6.07, 6.45) is 5.48. The van der Waals surface area contributed by atoms with Gasteiger partial charge in [-0.3, -0.25) is 0 Å². The van der Waals surface area contributed by atoms with E-state index in [1.165, 1.54) is 12.2 Å². The third-order valence-corrected chi connectivity index (χ3v) is 3.44. The molecule has 0 heterocycles. The van der Waals surface area contributed by atoms with E-state index in [1.807, 2.05) is 20.8 Å². The molecule has 0 aromatic heterocycles. The van der Waals surface area contributed by atoms with E-state index in [-0.39, 0.29) is 10.8 Å². The van der Waals surface area contributed by atoms with Crippen molar-refractivity contribution in [3.63, 3.8) is 0 Å². The molecule has 0 bridgehead atoms. The topological polar surface area (TPSA) is 75.9 Å². The molecule has 2 atom stereocenters. The molecule has 1 saturated carbocycles. The van der Waals surface area contributed by atoms with Crippen LogP contribution in [0.5, 0.6) is 0 Å². The molecule has 5 nitrogen and oxygen atoms in total. The molecule has 1 fully saturated rings. The summed E-state index contributed by atoms with van der Waals surface area (Å²) in [6, 6.07) is 0. The molecule has 1 rings (SSSR count). The molecule has 2 unspecified atom stereocenters. The SMILES string of the molecule is CC1(C)CC(C)(CN=C=O)CC(C=O)(N=C=O)C1. The Labute approximate surface area is 106 Å². The van der Waals surface area contributed by atoms with Crippen molar-refractivity contribution >= 4 is 18.4 Å². The van der Waals surface area contributed by atoms with Crippen LogP contribution in [0.2, 0.25) is 0 Å². The Kier molecular flexibility index (Phi) is 4.00. The molecule has 5 heteroatoms. The van der Waals surface area contributed by atoms with Crippen LogP contribution >= 0.6 is 0 Å². The predicted octanol–water partition coefficient (Wildman–Crippen LogP) is 1.81. The molecule has 0 saturated heterocycles. The van der Waals surface area contributed by atoms with Gasteiger partial charge < -0.3 is 4.79 Å². The van der Waals surface area contributed by atoms with Crippen LogP contribution in [-0.2, 0) is 14.4 Å². The quantitative estimate of drug-likeness (QED) is 0.434. The Morgan fingerprint density at radius 1 is 1.11 bits per heavy atom. The summed E-state index contributed by atoms with van der Waals surface area (Å²) in [4.78, 5) is 39.5. The van der Waals surface area contributed by atoms with Gasteiger partial charge in [0.05, 0.1) is 6.54 Å². The Morgan fingerprint density at radius 3 is 2.28 bits per heavy atom. The van der Waals surface area contributed by atoms with Crippen molar-refractivity contribution in [1.82, 2.24) is 0 Å². The van der Waals surface area contributed by atoms with Gasteiger partial charge in [0.15, 0.2) is 0 Å². The number of aldehydes is 1. The molecule has 0 aliphatic heterocycles. The number of hydrogen-bond acceptors (Lipinski definition) is 5. The van der Waals surface area contributed by atoms with E-state index in [4.69, 9.17) is 0 Å². The molecule has 98 valence electrons. The highest BCUT2D eigenvalue weighted by atomic mass is 16.1. The van der Waals surface area contributed by atoms with Crippen molar-refractivity contribution in [2.24, 2.45) is 20.8 Å². The van der Waals surface area contributed by atoms with Crippen LogP contribution in [0, 0.1) is 10.8 Å². The molecule has 0 aromatic rings. The minimum Gasteiger partial charge on any atom is -0.301 e. The second-order valence-corrected chi connectivity index (χ2v) is 6.34. The summed E-state index contributed by atoms with van der Waals surface area (Å²) >= 11 is 0. The molecule has 0 aromatic carbocycles. The number of rotatable bonds is 4. The van der Waals surface area contributed by atoms with E-state index < -0.39 is 5.54 Å². The van der Waals surface area contributed by atoms with Crippen LogP contribution in [0.3, 0.4) is 0 Å². The minimum atomic E-state index is -1.03. The first-order valence-corrected chi connectivity index (χ1v) is 5.89. The fraction of sp³-hybridized carbons (Fsp3) is 0.769. The van der Waals surface area contributed by atoms with E-state index in [2.05, 4.69) is 9.98 Å². The van der Waals surface area contributed by atoms with E-state index in [1.54, 1.807) is 0 Å². The van der Waals surface area contributed by atoms with Gasteiger partial charge in [-0.25, -0.2) is 14.6 Å². The van der Waals surface area contributed by atoms with Gasteiger partial charge >= 0.3 is 0 Å². The van der Waals surface area contributed by atoms with Crippen LogP contribution in [-0.4, -0.2) is 30.5 Å². The summed E-state index contributed by atoms with van der Waals surface area (Å²) in [7, 11) is 0. The normalized spacial score (nSPS) is 33.9. The maximum atomic E-state index is 11.3. The van der Waals surface area contributed by atoms with Gasteiger partial charge in [-0.05, 0) is 30.1 Å². The number of carbonyl (C=O) groups is 1. The highest BCUT2D eigenvalue weighted by molar-refractivity contribution is 5.67. The summed E-state index contributed by atoms with van der Waals surface area (Å²) in [6.45, 7) is 6.29. The lowest BCUT2D eigenvalue weighted by atomic mass is 9.58. The fourth-order valence-corrected chi connectivity index (χ4v) is 3.53. The Bertz CT molecular complexity index is 434. The first kappa shape index (κ1) is 14.5. The summed E-state index contributed by atoms with van der Waals surface area (Å²) in [5.41, 5.74) is -1.51. The summed E-state index contributed by atoms with van der Waals surface area (Å²) in [5, 5.41) is 0. The number of aliphatic imine (C=N–C) groups is 2. The maximum absolute atomic E-state index is 11.3. The lowest BCUT2D eigenvalue weighted by Gasteiger charge is -2.48. The molecule has 0 N–H and O–H groups in total. The molecule has 0 amide bonds. The van der Waals surface area contributed by atoms with Gasteiger partial charge in [0.25, 0.3) is 0 Å². The lowest BCUT2D eigenvalue weighted by molar-refractivity contribution is -0.116. The second-order valence-electron chi connectivity index (χ2n) is 6.34. The number of hydrogen-bond donors (Lipinski definition) is 0. The minimum absolute atomic E-state index is 0.146. The molecule has 0 radical (unpaired) electrons. The zero-order valence-corrected chi connectivity index (χ0v) is 11.0. The Hall–Kier alpha value is -1.57. The Balaban J connectivity index is 3.14. The molecule has 1 aliphatic carbocycles. The predicted molar refractivity (Wildman–Crippen MR) is 65.6 cm³/mol. The summed E-state index contributed by atoms with van der Waals surface area (Å²) < 4.78 is 0. The van der Waals surface area contributed by atoms with Crippen molar-refractivity contribution in [3.05, 3.63) is 0 Å². The van der Waals surface area contributed by atoms with Crippen molar-refractivity contribution in [1.29, 1.82) is 0 Å². The van der Waals surface area contributed by atoms with Crippen LogP contribution in [0.1, 0.15) is 40.0 Å². The smallest absolute Gasteiger partial charge is 0.235 e. The van der Waals surface area contributed by atoms with Crippen LogP contribution in [0.25, 0.3) is 0 Å². The zero-order chi connectivity index (χ0) is 13.9. The molecule has 1 aliphatic rings. The molecule has 0 spiro atoms. The fourth-order valence-electron chi connectivity index (χ4n) is 3.53. The van der Waals surface area contributed by atoms with Crippen molar-refractivity contribution in [2.45, 2.75) is 45.6 Å². The monoisotopic (exact) mass is 250 g/mol. The lowest BCUT2D eigenvalue weighted by Crippen LogP contribution is -2.48. The van der Waals surface area contributed by atoms with E-state index >= 15 is 0 Å². The van der Waals surface area contributed by atoms with E-state index in [9.17, 15) is 14.4 Å². The van der Waals surface area contributed by atoms with E-state index in [0.29, 0.717) is 19.4 Å².